The number of rotatable bonds is 14. The van der Waals surface area contributed by atoms with Crippen LogP contribution in [0.15, 0.2) is 41.1 Å². The first-order chi connectivity index (χ1) is 17.7. The number of aromatic amines is 1. The van der Waals surface area contributed by atoms with Crippen molar-refractivity contribution in [3.63, 3.8) is 0 Å². The second-order valence-electron chi connectivity index (χ2n) is 9.02. The van der Waals surface area contributed by atoms with Crippen molar-refractivity contribution in [3.05, 3.63) is 53.9 Å². The predicted molar refractivity (Wildman–Crippen MR) is 137 cm³/mol. The van der Waals surface area contributed by atoms with Crippen LogP contribution in [0.1, 0.15) is 61.1 Å². The van der Waals surface area contributed by atoms with Crippen LogP contribution in [0.5, 0.6) is 0 Å². The second kappa shape index (κ2) is 13.0. The number of oxazole rings is 1. The van der Waals surface area contributed by atoms with Crippen molar-refractivity contribution in [1.82, 2.24) is 25.9 Å². The van der Waals surface area contributed by atoms with E-state index in [0.29, 0.717) is 13.0 Å². The molecule has 3 rings (SSSR count). The van der Waals surface area contributed by atoms with Gasteiger partial charge in [-0.05, 0) is 36.9 Å². The molecule has 0 spiro atoms. The number of benzene rings is 1. The highest BCUT2D eigenvalue weighted by Gasteiger charge is 2.28. The number of amides is 2. The van der Waals surface area contributed by atoms with E-state index in [1.54, 1.807) is 0 Å². The first-order valence-corrected chi connectivity index (χ1v) is 12.3. The summed E-state index contributed by atoms with van der Waals surface area (Å²) in [7, 11) is 0. The number of carbonyl (C=O) groups is 3. The van der Waals surface area contributed by atoms with Gasteiger partial charge in [0, 0.05) is 17.1 Å². The lowest BCUT2D eigenvalue weighted by Gasteiger charge is -2.21. The number of fused-ring (bicyclic) bond motifs is 1. The molecule has 2 unspecified atom stereocenters. The minimum absolute atomic E-state index is 0.0327. The molecular weight excluding hydrogens is 478 g/mol. The van der Waals surface area contributed by atoms with Gasteiger partial charge in [-0.25, -0.2) is 9.78 Å². The average Bonchev–Trinajstić information content (AvgIpc) is 3.51. The van der Waals surface area contributed by atoms with Gasteiger partial charge in [-0.1, -0.05) is 38.5 Å². The van der Waals surface area contributed by atoms with E-state index >= 15 is 0 Å². The van der Waals surface area contributed by atoms with E-state index in [0.717, 1.165) is 22.9 Å². The molecular formula is C25H35N7O5. The summed E-state index contributed by atoms with van der Waals surface area (Å²) in [4.78, 5) is 44.6. The van der Waals surface area contributed by atoms with E-state index in [9.17, 15) is 19.5 Å². The number of hydrogen-bond donors (Lipinski definition) is 7. The number of aliphatic carboxylic acids is 1. The lowest BCUT2D eigenvalue weighted by Crippen LogP contribution is -2.46. The van der Waals surface area contributed by atoms with Gasteiger partial charge < -0.3 is 36.6 Å². The third-order valence-corrected chi connectivity index (χ3v) is 6.23. The molecule has 0 bridgehead atoms. The molecule has 0 fully saturated rings. The largest absolute Gasteiger partial charge is 0.480 e. The van der Waals surface area contributed by atoms with E-state index in [2.05, 4.69) is 25.9 Å². The number of nitrogens with zero attached hydrogens (tertiary/aromatic N) is 1. The predicted octanol–water partition coefficient (Wildman–Crippen LogP) is 1.36. The number of aromatic nitrogens is 2. The maximum absolute atomic E-state index is 12.9. The Morgan fingerprint density at radius 2 is 1.95 bits per heavy atom. The van der Waals surface area contributed by atoms with Crippen LogP contribution in [-0.4, -0.2) is 51.7 Å². The summed E-state index contributed by atoms with van der Waals surface area (Å²) in [5.74, 6) is -1.92. The Balaban J connectivity index is 1.65. The van der Waals surface area contributed by atoms with Gasteiger partial charge in [-0.15, -0.1) is 0 Å². The van der Waals surface area contributed by atoms with Crippen molar-refractivity contribution in [1.29, 1.82) is 0 Å². The second-order valence-corrected chi connectivity index (χ2v) is 9.02. The summed E-state index contributed by atoms with van der Waals surface area (Å²) in [6, 6.07) is 6.05. The fraction of sp³-hybridized carbons (Fsp3) is 0.440. The quantitative estimate of drug-likeness (QED) is 0.123. The van der Waals surface area contributed by atoms with Gasteiger partial charge in [0.25, 0.3) is 5.91 Å². The van der Waals surface area contributed by atoms with Gasteiger partial charge in [-0.3, -0.25) is 14.9 Å². The average molecular weight is 514 g/mol. The van der Waals surface area contributed by atoms with Crippen molar-refractivity contribution >= 4 is 28.7 Å². The molecule has 3 aromatic rings. The molecule has 2 aromatic heterocycles. The number of para-hydroxylation sites is 1. The summed E-state index contributed by atoms with van der Waals surface area (Å²) < 4.78 is 5.57. The number of H-pyrrole nitrogens is 1. The first-order valence-electron chi connectivity index (χ1n) is 12.3. The number of carbonyl (C=O) groups excluding carboxylic acids is 2. The normalized spacial score (nSPS) is 13.9. The van der Waals surface area contributed by atoms with E-state index < -0.39 is 30.2 Å². The zero-order chi connectivity index (χ0) is 26.9. The van der Waals surface area contributed by atoms with Crippen LogP contribution in [0.3, 0.4) is 0 Å². The Morgan fingerprint density at radius 3 is 2.65 bits per heavy atom. The molecule has 1 aromatic carbocycles. The van der Waals surface area contributed by atoms with Crippen molar-refractivity contribution in [3.8, 4) is 0 Å². The topological polar surface area (TPSA) is 201 Å². The minimum atomic E-state index is -1.17. The van der Waals surface area contributed by atoms with Gasteiger partial charge in [0.2, 0.25) is 11.8 Å². The van der Waals surface area contributed by atoms with Crippen LogP contribution in [0, 0.1) is 5.92 Å². The number of hydrogen-bond acceptors (Lipinski definition) is 8. The van der Waals surface area contributed by atoms with Crippen molar-refractivity contribution in [2.75, 3.05) is 6.54 Å². The number of carboxylic acids is 1. The lowest BCUT2D eigenvalue weighted by atomic mass is 9.98. The molecule has 3 atom stereocenters. The monoisotopic (exact) mass is 513 g/mol. The Kier molecular flexibility index (Phi) is 9.78. The van der Waals surface area contributed by atoms with Crippen molar-refractivity contribution < 1.29 is 23.9 Å². The molecule has 0 aliphatic heterocycles. The van der Waals surface area contributed by atoms with Crippen LogP contribution < -0.4 is 27.4 Å². The van der Waals surface area contributed by atoms with Crippen LogP contribution in [0.4, 0.5) is 0 Å². The zero-order valence-corrected chi connectivity index (χ0v) is 21.0. The molecule has 12 nitrogen and oxygen atoms in total. The molecule has 0 aliphatic rings. The highest BCUT2D eigenvalue weighted by atomic mass is 16.4. The number of carboxylic acid groups (broad SMARTS) is 1. The Labute approximate surface area is 214 Å². The summed E-state index contributed by atoms with van der Waals surface area (Å²) >= 11 is 0. The summed E-state index contributed by atoms with van der Waals surface area (Å²) in [5, 5.41) is 18.7. The molecule has 12 heteroatoms. The molecule has 2 heterocycles. The fourth-order valence-electron chi connectivity index (χ4n) is 3.96. The van der Waals surface area contributed by atoms with Gasteiger partial charge in [0.15, 0.2) is 5.69 Å². The number of nitrogens with two attached hydrogens (primary N) is 2. The lowest BCUT2D eigenvalue weighted by molar-refractivity contribution is -0.139. The van der Waals surface area contributed by atoms with Crippen molar-refractivity contribution in [2.45, 2.75) is 57.9 Å². The van der Waals surface area contributed by atoms with Crippen LogP contribution in [0.25, 0.3) is 10.9 Å². The third kappa shape index (κ3) is 7.62. The Hall–Kier alpha value is -3.74. The van der Waals surface area contributed by atoms with Gasteiger partial charge in [0.1, 0.15) is 24.6 Å². The van der Waals surface area contributed by atoms with E-state index in [1.165, 1.54) is 6.26 Å². The molecule has 0 saturated heterocycles. The highest BCUT2D eigenvalue weighted by molar-refractivity contribution is 5.94. The molecule has 2 amide bonds. The minimum Gasteiger partial charge on any atom is -0.480 e. The van der Waals surface area contributed by atoms with Crippen LogP contribution in [0.2, 0.25) is 0 Å². The number of nitrogens with one attached hydrogen (secondary N) is 4. The highest BCUT2D eigenvalue weighted by Crippen LogP contribution is 2.25. The zero-order valence-electron chi connectivity index (χ0n) is 21.0. The Bertz CT molecular complexity index is 1200. The summed E-state index contributed by atoms with van der Waals surface area (Å²) in [6.45, 7) is 4.33. The maximum Gasteiger partial charge on any atom is 0.326 e. The van der Waals surface area contributed by atoms with E-state index in [1.807, 2.05) is 44.3 Å². The van der Waals surface area contributed by atoms with Gasteiger partial charge in [-0.2, -0.15) is 0 Å². The van der Waals surface area contributed by atoms with Gasteiger partial charge >= 0.3 is 5.97 Å². The summed E-state index contributed by atoms with van der Waals surface area (Å²) in [5.41, 5.74) is 12.6. The van der Waals surface area contributed by atoms with Crippen LogP contribution in [-0.2, 0) is 16.0 Å². The molecule has 0 aliphatic carbocycles. The molecule has 200 valence electrons. The SMILES string of the molecule is CCC(C)C(NC(=O)Cc1c[nH]c2ccccc12)c1nc(C(=O)N[C@@H](CCCNC(N)N)C(=O)O)co1. The van der Waals surface area contributed by atoms with Crippen molar-refractivity contribution in [2.24, 2.45) is 17.4 Å². The third-order valence-electron chi connectivity index (χ3n) is 6.23. The first kappa shape index (κ1) is 27.8. The Morgan fingerprint density at radius 1 is 1.19 bits per heavy atom. The van der Waals surface area contributed by atoms with Gasteiger partial charge in [0.05, 0.1) is 6.42 Å². The van der Waals surface area contributed by atoms with E-state index in [-0.39, 0.29) is 36.3 Å². The van der Waals surface area contributed by atoms with E-state index in [4.69, 9.17) is 15.9 Å². The molecule has 9 N–H and O–H groups in total. The molecule has 0 saturated carbocycles. The summed E-state index contributed by atoms with van der Waals surface area (Å²) in [6.07, 6.45) is 3.77. The smallest absolute Gasteiger partial charge is 0.326 e. The van der Waals surface area contributed by atoms with Crippen LogP contribution >= 0.6 is 0 Å². The standard InChI is InChI=1S/C25H35N7O5/c1-3-14(2)21(32-20(33)11-15-12-29-17-8-5-4-7-16(15)17)23-31-19(13-37-23)22(34)30-18(24(35)36)9-6-10-28-25(26)27/h4-5,7-8,12-14,18,21,25,28-29H,3,6,9-11,26-27H2,1-2H3,(H,30,34)(H,32,33)(H,35,36)/t14?,18-,21?/m0/s1. The maximum atomic E-state index is 12.9. The molecule has 0 radical (unpaired) electrons. The fourth-order valence-corrected chi connectivity index (χ4v) is 3.96. The molecule has 37 heavy (non-hydrogen) atoms.